The minimum atomic E-state index is 0.431. The first-order valence-electron chi connectivity index (χ1n) is 2.84. The second-order valence-corrected chi connectivity index (χ2v) is 3.89. The summed E-state index contributed by atoms with van der Waals surface area (Å²) in [5, 5.41) is 1.46. The van der Waals surface area contributed by atoms with E-state index in [4.69, 9.17) is 34.8 Å². The van der Waals surface area contributed by atoms with Gasteiger partial charge in [-0.3, -0.25) is 0 Å². The second kappa shape index (κ2) is 3.90. The Morgan fingerprint density at radius 1 is 1.09 bits per heavy atom. The van der Waals surface area contributed by atoms with Gasteiger partial charge in [0.25, 0.3) is 0 Å². The Morgan fingerprint density at radius 2 is 1.73 bits per heavy atom. The molecule has 0 radical (unpaired) electrons. The van der Waals surface area contributed by atoms with Gasteiger partial charge < -0.3 is 0 Å². The van der Waals surface area contributed by atoms with E-state index in [2.05, 4.69) is 0 Å². The molecule has 11 heavy (non-hydrogen) atoms. The molecule has 0 unspecified atom stereocenters. The van der Waals surface area contributed by atoms with Gasteiger partial charge >= 0.3 is 0 Å². The smallest absolute Gasteiger partial charge is 0.0789 e. The molecule has 0 fully saturated rings. The summed E-state index contributed by atoms with van der Waals surface area (Å²) in [7, 11) is 0. The number of hydrogen-bond acceptors (Lipinski definition) is 1. The third-order valence-corrected chi connectivity index (χ3v) is 3.41. The van der Waals surface area contributed by atoms with Crippen molar-refractivity contribution in [3.63, 3.8) is 0 Å². The highest BCUT2D eigenvalue weighted by Gasteiger charge is 2.06. The maximum Gasteiger partial charge on any atom is 0.0789 e. The van der Waals surface area contributed by atoms with Crippen LogP contribution >= 0.6 is 46.6 Å². The Labute approximate surface area is 84.8 Å². The Bertz CT molecular complexity index is 273. The Morgan fingerprint density at radius 3 is 2.27 bits per heavy atom. The average molecular weight is 228 g/mol. The molecule has 1 aromatic carbocycles. The van der Waals surface area contributed by atoms with Crippen LogP contribution in [0.5, 0.6) is 0 Å². The molecule has 60 valence electrons. The summed E-state index contributed by atoms with van der Waals surface area (Å²) in [5.41, 5.74) is 0. The fourth-order valence-corrected chi connectivity index (χ4v) is 1.97. The van der Waals surface area contributed by atoms with Crippen molar-refractivity contribution >= 4 is 46.6 Å². The maximum atomic E-state index is 5.86. The van der Waals surface area contributed by atoms with Gasteiger partial charge in [-0.2, -0.15) is 0 Å². The normalized spacial score (nSPS) is 10.2. The molecule has 0 aliphatic carbocycles. The molecular formula is C7H5Cl3S. The minimum absolute atomic E-state index is 0.431. The molecule has 0 N–H and O–H groups in total. The lowest BCUT2D eigenvalue weighted by Gasteiger charge is -2.02. The van der Waals surface area contributed by atoms with Crippen LogP contribution in [0.25, 0.3) is 0 Å². The fraction of sp³-hybridized carbons (Fsp3) is 0.143. The van der Waals surface area contributed by atoms with Gasteiger partial charge in [0.1, 0.15) is 0 Å². The Kier molecular flexibility index (Phi) is 3.38. The summed E-state index contributed by atoms with van der Waals surface area (Å²) in [6.45, 7) is 0. The van der Waals surface area contributed by atoms with Crippen molar-refractivity contribution in [1.29, 1.82) is 0 Å². The predicted molar refractivity (Wildman–Crippen MR) is 53.3 cm³/mol. The molecule has 0 nitrogen and oxygen atoms in total. The third-order valence-electron chi connectivity index (χ3n) is 1.22. The number of hydrogen-bond donors (Lipinski definition) is 0. The molecule has 0 aliphatic heterocycles. The number of rotatable bonds is 1. The molecule has 0 atom stereocenters. The largest absolute Gasteiger partial charge is 0.128 e. The second-order valence-electron chi connectivity index (χ2n) is 1.88. The van der Waals surface area contributed by atoms with Crippen LogP contribution in [0.2, 0.25) is 15.1 Å². The lowest BCUT2D eigenvalue weighted by atomic mass is 10.4. The summed E-state index contributed by atoms with van der Waals surface area (Å²) < 4.78 is 0. The van der Waals surface area contributed by atoms with Crippen molar-refractivity contribution in [1.82, 2.24) is 0 Å². The van der Waals surface area contributed by atoms with Crippen LogP contribution in [0.4, 0.5) is 0 Å². The van der Waals surface area contributed by atoms with Crippen LogP contribution in [0, 0.1) is 0 Å². The molecule has 4 heteroatoms. The summed E-state index contributed by atoms with van der Waals surface area (Å²) >= 11 is 18.9. The van der Waals surface area contributed by atoms with Crippen molar-refractivity contribution in [2.45, 2.75) is 4.90 Å². The van der Waals surface area contributed by atoms with E-state index in [0.29, 0.717) is 15.1 Å². The van der Waals surface area contributed by atoms with Gasteiger partial charge in [-0.15, -0.1) is 11.8 Å². The highest BCUT2D eigenvalue weighted by atomic mass is 35.5. The molecular weight excluding hydrogens is 223 g/mol. The Balaban J connectivity index is 3.25. The summed E-state index contributed by atoms with van der Waals surface area (Å²) in [4.78, 5) is 0.945. The highest BCUT2D eigenvalue weighted by molar-refractivity contribution is 7.98. The topological polar surface area (TPSA) is 0 Å². The summed E-state index contributed by atoms with van der Waals surface area (Å²) in [6.07, 6.45) is 1.94. The quantitative estimate of drug-likeness (QED) is 0.507. The molecule has 0 spiro atoms. The van der Waals surface area contributed by atoms with Crippen LogP contribution in [0.1, 0.15) is 0 Å². The fourth-order valence-electron chi connectivity index (χ4n) is 0.666. The van der Waals surface area contributed by atoms with E-state index in [1.807, 2.05) is 12.3 Å². The highest BCUT2D eigenvalue weighted by Crippen LogP contribution is 2.36. The van der Waals surface area contributed by atoms with Gasteiger partial charge in [0.2, 0.25) is 0 Å². The van der Waals surface area contributed by atoms with Gasteiger partial charge in [-0.1, -0.05) is 34.8 Å². The van der Waals surface area contributed by atoms with Crippen molar-refractivity contribution in [3.05, 3.63) is 27.2 Å². The lowest BCUT2D eigenvalue weighted by molar-refractivity contribution is 1.47. The van der Waals surface area contributed by atoms with Crippen molar-refractivity contribution in [3.8, 4) is 0 Å². The molecule has 0 aliphatic rings. The zero-order valence-corrected chi connectivity index (χ0v) is 8.78. The van der Waals surface area contributed by atoms with Crippen molar-refractivity contribution in [2.24, 2.45) is 0 Å². The average Bonchev–Trinajstić information content (AvgIpc) is 2.01. The number of halogens is 3. The van der Waals surface area contributed by atoms with E-state index >= 15 is 0 Å². The lowest BCUT2D eigenvalue weighted by Crippen LogP contribution is -1.75. The molecule has 0 heterocycles. The van der Waals surface area contributed by atoms with Gasteiger partial charge in [0.05, 0.1) is 15.1 Å². The first kappa shape index (κ1) is 9.53. The van der Waals surface area contributed by atoms with Gasteiger partial charge in [-0.25, -0.2) is 0 Å². The maximum absolute atomic E-state index is 5.86. The van der Waals surface area contributed by atoms with E-state index in [9.17, 15) is 0 Å². The van der Waals surface area contributed by atoms with E-state index < -0.39 is 0 Å². The first-order chi connectivity index (χ1) is 5.16. The standard InChI is InChI=1S/C7H5Cl3S/c1-11-5-3-2-4(8)6(9)7(5)10/h2-3H,1H3. The van der Waals surface area contributed by atoms with Gasteiger partial charge in [0.15, 0.2) is 0 Å². The van der Waals surface area contributed by atoms with E-state index in [-0.39, 0.29) is 0 Å². The molecule has 0 amide bonds. The summed E-state index contributed by atoms with van der Waals surface area (Å²) in [6, 6.07) is 3.59. The van der Waals surface area contributed by atoms with Crippen LogP contribution in [-0.4, -0.2) is 6.26 Å². The van der Waals surface area contributed by atoms with Gasteiger partial charge in [0, 0.05) is 4.90 Å². The van der Waals surface area contributed by atoms with Gasteiger partial charge in [-0.05, 0) is 18.4 Å². The minimum Gasteiger partial charge on any atom is -0.128 e. The van der Waals surface area contributed by atoms with E-state index in [0.717, 1.165) is 4.90 Å². The monoisotopic (exact) mass is 226 g/mol. The first-order valence-corrected chi connectivity index (χ1v) is 5.20. The number of thioether (sulfide) groups is 1. The van der Waals surface area contributed by atoms with Crippen LogP contribution in [-0.2, 0) is 0 Å². The van der Waals surface area contributed by atoms with Crippen LogP contribution < -0.4 is 0 Å². The van der Waals surface area contributed by atoms with Crippen LogP contribution in [0.15, 0.2) is 17.0 Å². The molecule has 0 bridgehead atoms. The zero-order chi connectivity index (χ0) is 8.43. The SMILES string of the molecule is CSc1ccc(Cl)c(Cl)c1Cl. The third kappa shape index (κ3) is 1.97. The molecule has 1 aromatic rings. The predicted octanol–water partition coefficient (Wildman–Crippen LogP) is 4.37. The van der Waals surface area contributed by atoms with Crippen LogP contribution in [0.3, 0.4) is 0 Å². The zero-order valence-electron chi connectivity index (χ0n) is 5.70. The van der Waals surface area contributed by atoms with E-state index in [1.54, 1.807) is 17.8 Å². The molecule has 0 saturated carbocycles. The molecule has 0 saturated heterocycles. The molecule has 0 aromatic heterocycles. The van der Waals surface area contributed by atoms with Crippen molar-refractivity contribution < 1.29 is 0 Å². The summed E-state index contributed by atoms with van der Waals surface area (Å²) in [5.74, 6) is 0. The van der Waals surface area contributed by atoms with E-state index in [1.165, 1.54) is 0 Å². The Hall–Kier alpha value is 0.440. The number of benzene rings is 1. The molecule has 1 rings (SSSR count). The van der Waals surface area contributed by atoms with Crippen molar-refractivity contribution in [2.75, 3.05) is 6.26 Å².